The fourth-order valence-corrected chi connectivity index (χ4v) is 14.6. The van der Waals surface area contributed by atoms with Gasteiger partial charge in [0, 0.05) is 79.1 Å². The van der Waals surface area contributed by atoms with Crippen LogP contribution in [0.4, 0.5) is 8.78 Å². The highest BCUT2D eigenvalue weighted by Gasteiger charge is 2.56. The zero-order valence-electron chi connectivity index (χ0n) is 56.0. The zero-order valence-corrected chi connectivity index (χ0v) is 56.9. The number of aromatic nitrogens is 1. The Bertz CT molecular complexity index is 3620. The Balaban J connectivity index is 0.835. The fraction of sp³-hybridized carbons (Fsp3) is 0.603. The number of carbonyl (C=O) groups is 11. The second-order valence-corrected chi connectivity index (χ2v) is 30.3. The van der Waals surface area contributed by atoms with E-state index in [1.807, 2.05) is 11.0 Å². The quantitative estimate of drug-likeness (QED) is 0.0222. The second-order valence-electron chi connectivity index (χ2n) is 28.2. The van der Waals surface area contributed by atoms with E-state index in [-0.39, 0.29) is 91.3 Å². The van der Waals surface area contributed by atoms with E-state index in [9.17, 15) is 57.3 Å². The fourth-order valence-electron chi connectivity index (χ4n) is 13.4. The number of carbonyl (C=O) groups excluding carboxylic acids is 11. The zero-order chi connectivity index (χ0) is 70.3. The van der Waals surface area contributed by atoms with Gasteiger partial charge in [-0.3, -0.25) is 71.7 Å². The molecule has 0 bridgehead atoms. The molecule has 3 aromatic rings. The van der Waals surface area contributed by atoms with Crippen molar-refractivity contribution in [3.63, 3.8) is 0 Å². The number of nitrogens with one attached hydrogen (secondary N) is 5. The lowest BCUT2D eigenvalue weighted by atomic mass is 9.82. The van der Waals surface area contributed by atoms with Crippen LogP contribution in [0.2, 0.25) is 0 Å². The summed E-state index contributed by atoms with van der Waals surface area (Å²) < 4.78 is 67.2. The monoisotopic (exact) mass is 1370 g/mol. The normalized spacial score (nSPS) is 21.5. The van der Waals surface area contributed by atoms with Crippen LogP contribution in [0.5, 0.6) is 0 Å². The van der Waals surface area contributed by atoms with Gasteiger partial charge < -0.3 is 55.7 Å². The van der Waals surface area contributed by atoms with Gasteiger partial charge in [0.25, 0.3) is 11.8 Å². The van der Waals surface area contributed by atoms with Crippen molar-refractivity contribution in [3.05, 3.63) is 70.4 Å². The van der Waals surface area contributed by atoms with Gasteiger partial charge >= 0.3 is 25.2 Å². The number of amides is 9. The number of piperidine rings is 2. The van der Waals surface area contributed by atoms with Gasteiger partial charge in [0.1, 0.15) is 35.9 Å². The lowest BCUT2D eigenvalue weighted by Gasteiger charge is -2.38. The smallest absolute Gasteiger partial charge is 0.410 e. The van der Waals surface area contributed by atoms with Crippen molar-refractivity contribution in [1.82, 2.24) is 45.9 Å². The molecule has 1 aromatic heterocycles. The van der Waals surface area contributed by atoms with Crippen molar-refractivity contribution in [2.24, 2.45) is 28.4 Å². The van der Waals surface area contributed by atoms with Crippen LogP contribution in [0.15, 0.2) is 42.5 Å². The first-order valence-corrected chi connectivity index (χ1v) is 34.9. The molecule has 526 valence electrons. The lowest BCUT2D eigenvalue weighted by molar-refractivity contribution is -0.163. The van der Waals surface area contributed by atoms with Gasteiger partial charge in [-0.15, -0.1) is 0 Å². The van der Waals surface area contributed by atoms with E-state index in [1.54, 1.807) is 24.1 Å². The maximum atomic E-state index is 16.6. The van der Waals surface area contributed by atoms with Gasteiger partial charge in [0.2, 0.25) is 54.9 Å². The van der Waals surface area contributed by atoms with Gasteiger partial charge in [-0.05, 0) is 167 Å². The Morgan fingerprint density at radius 3 is 2.14 bits per heavy atom. The highest BCUT2D eigenvalue weighted by Crippen LogP contribution is 2.67. The molecule has 29 heteroatoms. The van der Waals surface area contributed by atoms with Crippen LogP contribution in [-0.2, 0) is 78.4 Å². The molecule has 2 aromatic carbocycles. The molecule has 5 fully saturated rings. The highest BCUT2D eigenvalue weighted by molar-refractivity contribution is 7.54. The summed E-state index contributed by atoms with van der Waals surface area (Å²) in [5.41, 5.74) is 0.0194. The SMILES string of the molecule is CN1CC[C@H]2CC[C@@H](C(=O)N[C@@H](CCC(N)=O)C(=O)N[C@H](C(=O)N3CCC(CCC#Cc4cccc5c4CN(C4CCC(=O)NC4=O)C5=O)CC3)C3CCCCC3)N2C(=O)[C@@H](NC(=O)c2cc3cc(C(F)(F)P(=O)(OCOC(=O)C(C)(C)C)OCOC(=O)C(C)(C)C)ccc3[nH]2)C1. The van der Waals surface area contributed by atoms with E-state index in [2.05, 4.69) is 38.1 Å². The number of nitrogens with two attached hydrogens (primary N) is 1. The van der Waals surface area contributed by atoms with Crippen LogP contribution in [0.25, 0.3) is 10.9 Å². The first-order valence-electron chi connectivity index (χ1n) is 33.3. The first-order chi connectivity index (χ1) is 45.8. The van der Waals surface area contributed by atoms with Crippen molar-refractivity contribution in [2.45, 2.75) is 193 Å². The van der Waals surface area contributed by atoms with E-state index >= 15 is 8.78 Å². The number of imide groups is 1. The number of alkyl halides is 2. The minimum Gasteiger partial charge on any atom is -0.438 e. The first kappa shape index (κ1) is 73.1. The molecule has 9 amide bonds. The third-order valence-electron chi connectivity index (χ3n) is 19.0. The Labute approximate surface area is 562 Å². The third kappa shape index (κ3) is 17.4. The Hall–Kier alpha value is -8.12. The second kappa shape index (κ2) is 30.7. The number of ether oxygens (including phenoxy) is 2. The minimum atomic E-state index is -5.70. The van der Waals surface area contributed by atoms with E-state index in [0.717, 1.165) is 43.4 Å². The average Bonchev–Trinajstić information content (AvgIpc) is 1.75. The van der Waals surface area contributed by atoms with E-state index < -0.39 is 127 Å². The van der Waals surface area contributed by atoms with Gasteiger partial charge in [-0.2, -0.15) is 8.78 Å². The number of likely N-dealkylation sites (N-methyl/N-ethyl adjacent to an activating group) is 1. The van der Waals surface area contributed by atoms with Crippen LogP contribution >= 0.6 is 7.60 Å². The molecule has 7 N–H and O–H groups in total. The summed E-state index contributed by atoms with van der Waals surface area (Å²) >= 11 is 0. The molecular weight excluding hydrogens is 1280 g/mol. The largest absolute Gasteiger partial charge is 0.438 e. The molecule has 9 rings (SSSR count). The van der Waals surface area contributed by atoms with Crippen LogP contribution in [0, 0.1) is 34.5 Å². The topological polar surface area (TPSA) is 345 Å². The standard InChI is InChI=1S/C68H89F2N10O16P/c1-66(2,3)64(90)93-38-95-97(92,96-39-94-65(91)67(4,5)6)68(69,70)44-20-22-48-43(34-44)35-50(72-48)58(84)74-51-37-77(7)31-30-45-21-24-53(80(45)62(51)88)60(86)73-49(23-26-54(71)81)57(83)76-56(42-16-9-8-10-17-42)63(89)78-32-28-40(29-33-78)14-11-12-15-41-18-13-19-46-47(41)36-79(61(46)87)52-25-27-55(82)75-59(52)85/h13,18-20,22,34-35,40,42,45,49,51-53,56,72H,8-11,14,16-17,21,23-33,36-39H2,1-7H3,(H2,71,81)(H,73,86)(H,74,84)(H,76,83)(H,75,82,85)/t45-,49+,51+,52?,53+,56+/m1/s1. The predicted molar refractivity (Wildman–Crippen MR) is 347 cm³/mol. The van der Waals surface area contributed by atoms with Gasteiger partial charge in [0.05, 0.1) is 10.8 Å². The summed E-state index contributed by atoms with van der Waals surface area (Å²) in [6, 6.07) is 3.74. The molecule has 1 saturated carbocycles. The molecule has 6 heterocycles. The summed E-state index contributed by atoms with van der Waals surface area (Å²) in [5.74, 6) is -0.0481. The highest BCUT2D eigenvalue weighted by atomic mass is 31.2. The molecule has 0 radical (unpaired) electrons. The summed E-state index contributed by atoms with van der Waals surface area (Å²) in [6.07, 6.45) is 7.71. The Kier molecular flexibility index (Phi) is 23.2. The van der Waals surface area contributed by atoms with E-state index in [0.29, 0.717) is 75.7 Å². The summed E-state index contributed by atoms with van der Waals surface area (Å²) in [4.78, 5) is 157. The number of hydrogen-bond acceptors (Lipinski definition) is 17. The maximum absolute atomic E-state index is 16.6. The molecule has 6 atom stereocenters. The van der Waals surface area contributed by atoms with E-state index in [1.165, 1.54) is 63.5 Å². The van der Waals surface area contributed by atoms with Gasteiger partial charge in [-0.1, -0.05) is 43.2 Å². The number of esters is 2. The number of aromatic amines is 1. The van der Waals surface area contributed by atoms with Crippen molar-refractivity contribution in [3.8, 4) is 11.8 Å². The number of nitrogens with zero attached hydrogens (tertiary/aromatic N) is 4. The van der Waals surface area contributed by atoms with Gasteiger partial charge in [-0.25, -0.2) is 0 Å². The number of likely N-dealkylation sites (tertiary alicyclic amines) is 1. The Morgan fingerprint density at radius 2 is 1.49 bits per heavy atom. The molecule has 0 spiro atoms. The number of benzene rings is 2. The predicted octanol–water partition coefficient (Wildman–Crippen LogP) is 5.98. The van der Waals surface area contributed by atoms with Crippen LogP contribution in [-0.4, -0.2) is 173 Å². The Morgan fingerprint density at radius 1 is 0.814 bits per heavy atom. The molecule has 97 heavy (non-hydrogen) atoms. The number of hydrogen-bond donors (Lipinski definition) is 6. The third-order valence-corrected chi connectivity index (χ3v) is 20.9. The number of fused-ring (bicyclic) bond motifs is 3. The molecule has 1 unspecified atom stereocenters. The summed E-state index contributed by atoms with van der Waals surface area (Å²) in [7, 11) is -3.93. The summed E-state index contributed by atoms with van der Waals surface area (Å²) in [5, 5.41) is 10.9. The maximum Gasteiger partial charge on any atom is 0.410 e. The van der Waals surface area contributed by atoms with Crippen molar-refractivity contribution >= 4 is 83.6 Å². The van der Waals surface area contributed by atoms with Crippen LogP contribution in [0.3, 0.4) is 0 Å². The van der Waals surface area contributed by atoms with Crippen molar-refractivity contribution in [2.75, 3.05) is 46.8 Å². The van der Waals surface area contributed by atoms with Crippen LogP contribution in [0.1, 0.15) is 182 Å². The molecule has 5 aliphatic heterocycles. The van der Waals surface area contributed by atoms with Crippen molar-refractivity contribution in [1.29, 1.82) is 0 Å². The van der Waals surface area contributed by atoms with E-state index in [4.69, 9.17) is 24.3 Å². The molecule has 26 nitrogen and oxygen atoms in total. The minimum absolute atomic E-state index is 0.00495. The average molecular weight is 1370 g/mol. The van der Waals surface area contributed by atoms with Gasteiger partial charge in [0.15, 0.2) is 0 Å². The molecular formula is C68H89F2N10O16P. The van der Waals surface area contributed by atoms with Crippen LogP contribution < -0.4 is 27.0 Å². The number of halogens is 2. The number of rotatable bonds is 22. The molecule has 6 aliphatic rings. The van der Waals surface area contributed by atoms with Crippen molar-refractivity contribution < 1.29 is 84.6 Å². The number of primary amides is 1. The number of H-pyrrole nitrogens is 1. The molecule has 1 aliphatic carbocycles. The molecule has 4 saturated heterocycles. The lowest BCUT2D eigenvalue weighted by Crippen LogP contribution is -2.62. The summed E-state index contributed by atoms with van der Waals surface area (Å²) in [6.45, 7) is 8.13.